The third-order valence-electron chi connectivity index (χ3n) is 1.65. The van der Waals surface area contributed by atoms with Gasteiger partial charge < -0.3 is 5.32 Å². The Hall–Kier alpha value is -1.65. The molecule has 0 aliphatic carbocycles. The lowest BCUT2D eigenvalue weighted by Crippen LogP contribution is -2.25. The van der Waals surface area contributed by atoms with Gasteiger partial charge in [0, 0.05) is 20.2 Å². The van der Waals surface area contributed by atoms with Gasteiger partial charge in [0.1, 0.15) is 12.2 Å². The zero-order chi connectivity index (χ0) is 9.84. The van der Waals surface area contributed by atoms with Crippen LogP contribution in [0.1, 0.15) is 17.4 Å². The van der Waals surface area contributed by atoms with E-state index in [-0.39, 0.29) is 18.2 Å². The smallest absolute Gasteiger partial charge is 0.241 e. The van der Waals surface area contributed by atoms with E-state index in [0.717, 1.165) is 0 Å². The molecule has 5 nitrogen and oxygen atoms in total. The predicted octanol–water partition coefficient (Wildman–Crippen LogP) is -0.168. The molecule has 0 spiro atoms. The Balaban J connectivity index is 2.82. The van der Waals surface area contributed by atoms with E-state index >= 15 is 0 Å². The van der Waals surface area contributed by atoms with Gasteiger partial charge in [-0.3, -0.25) is 14.3 Å². The number of rotatable bonds is 3. The first-order valence-corrected chi connectivity index (χ1v) is 3.88. The molecule has 1 amide bonds. The molecule has 70 valence electrons. The van der Waals surface area contributed by atoms with E-state index in [1.807, 2.05) is 0 Å². The Bertz CT molecular complexity index is 330. The molecule has 1 N–H and O–H groups in total. The van der Waals surface area contributed by atoms with Crippen LogP contribution in [-0.4, -0.2) is 28.5 Å². The van der Waals surface area contributed by atoms with E-state index in [0.29, 0.717) is 5.69 Å². The van der Waals surface area contributed by atoms with Crippen molar-refractivity contribution in [3.63, 3.8) is 0 Å². The van der Waals surface area contributed by atoms with Crippen LogP contribution in [0.3, 0.4) is 0 Å². The van der Waals surface area contributed by atoms with Crippen LogP contribution in [-0.2, 0) is 11.3 Å². The molecular weight excluding hydrogens is 170 g/mol. The summed E-state index contributed by atoms with van der Waals surface area (Å²) in [6, 6.07) is 1.59. The van der Waals surface area contributed by atoms with Crippen molar-refractivity contribution in [2.24, 2.45) is 0 Å². The first kappa shape index (κ1) is 9.44. The molecule has 0 bridgehead atoms. The van der Waals surface area contributed by atoms with Gasteiger partial charge in [-0.05, 0) is 6.07 Å². The number of hydrogen-bond acceptors (Lipinski definition) is 3. The normalized spacial score (nSPS) is 9.69. The van der Waals surface area contributed by atoms with Gasteiger partial charge in [0.05, 0.1) is 0 Å². The zero-order valence-corrected chi connectivity index (χ0v) is 7.57. The zero-order valence-electron chi connectivity index (χ0n) is 7.57. The van der Waals surface area contributed by atoms with E-state index in [1.165, 1.54) is 17.8 Å². The minimum Gasteiger partial charge on any atom is -0.358 e. The summed E-state index contributed by atoms with van der Waals surface area (Å²) in [7, 11) is 1.54. The highest BCUT2D eigenvalue weighted by molar-refractivity contribution is 5.92. The highest BCUT2D eigenvalue weighted by Crippen LogP contribution is 1.99. The summed E-state index contributed by atoms with van der Waals surface area (Å²) in [4.78, 5) is 22.0. The first-order chi connectivity index (χ1) is 6.15. The van der Waals surface area contributed by atoms with Crippen molar-refractivity contribution in [1.29, 1.82) is 0 Å². The molecule has 0 aliphatic rings. The van der Waals surface area contributed by atoms with Crippen molar-refractivity contribution in [2.75, 3.05) is 7.05 Å². The molecule has 0 atom stereocenters. The molecule has 0 unspecified atom stereocenters. The summed E-state index contributed by atoms with van der Waals surface area (Å²) in [5, 5.41) is 6.32. The Morgan fingerprint density at radius 3 is 2.85 bits per heavy atom. The number of carbonyl (C=O) groups excluding carboxylic acids is 2. The Labute approximate surface area is 75.7 Å². The SMILES string of the molecule is CNC(=O)Cn1nccc1C(C)=O. The van der Waals surface area contributed by atoms with Gasteiger partial charge in [-0.2, -0.15) is 5.10 Å². The van der Waals surface area contributed by atoms with Crippen LogP contribution in [0.4, 0.5) is 0 Å². The number of aromatic nitrogens is 2. The minimum atomic E-state index is -0.175. The van der Waals surface area contributed by atoms with Gasteiger partial charge in [-0.1, -0.05) is 0 Å². The summed E-state index contributed by atoms with van der Waals surface area (Å²) >= 11 is 0. The van der Waals surface area contributed by atoms with Crippen molar-refractivity contribution in [3.8, 4) is 0 Å². The van der Waals surface area contributed by atoms with Crippen molar-refractivity contribution < 1.29 is 9.59 Å². The van der Waals surface area contributed by atoms with E-state index in [9.17, 15) is 9.59 Å². The molecule has 1 aromatic rings. The lowest BCUT2D eigenvalue weighted by molar-refractivity contribution is -0.121. The maximum atomic E-state index is 11.0. The number of hydrogen-bond donors (Lipinski definition) is 1. The molecule has 5 heteroatoms. The van der Waals surface area contributed by atoms with Gasteiger partial charge in [0.2, 0.25) is 5.91 Å². The minimum absolute atomic E-state index is 0.0818. The van der Waals surface area contributed by atoms with Crippen molar-refractivity contribution >= 4 is 11.7 Å². The standard InChI is InChI=1S/C8H11N3O2/c1-6(12)7-3-4-10-11(7)5-8(13)9-2/h3-4H,5H2,1-2H3,(H,9,13). The fourth-order valence-corrected chi connectivity index (χ4v) is 0.973. The number of amides is 1. The van der Waals surface area contributed by atoms with Crippen LogP contribution in [0, 0.1) is 0 Å². The molecule has 1 aromatic heterocycles. The summed E-state index contributed by atoms with van der Waals surface area (Å²) in [6.45, 7) is 1.52. The molecule has 0 saturated carbocycles. The number of nitrogens with one attached hydrogen (secondary N) is 1. The number of carbonyl (C=O) groups is 2. The van der Waals surface area contributed by atoms with Gasteiger partial charge >= 0.3 is 0 Å². The maximum absolute atomic E-state index is 11.0. The number of nitrogens with zero attached hydrogens (tertiary/aromatic N) is 2. The summed E-state index contributed by atoms with van der Waals surface area (Å²) in [5.74, 6) is -0.271. The maximum Gasteiger partial charge on any atom is 0.241 e. The van der Waals surface area contributed by atoms with Gasteiger partial charge in [-0.25, -0.2) is 0 Å². The Kier molecular flexibility index (Phi) is 2.79. The highest BCUT2D eigenvalue weighted by atomic mass is 16.2. The molecule has 0 aromatic carbocycles. The van der Waals surface area contributed by atoms with Gasteiger partial charge in [0.15, 0.2) is 5.78 Å². The summed E-state index contributed by atoms with van der Waals surface area (Å²) in [5.41, 5.74) is 0.448. The fourth-order valence-electron chi connectivity index (χ4n) is 0.973. The van der Waals surface area contributed by atoms with Crippen LogP contribution >= 0.6 is 0 Å². The van der Waals surface area contributed by atoms with E-state index in [1.54, 1.807) is 13.1 Å². The summed E-state index contributed by atoms with van der Waals surface area (Å²) in [6.07, 6.45) is 1.50. The second-order valence-corrected chi connectivity index (χ2v) is 2.60. The molecule has 1 heterocycles. The average molecular weight is 181 g/mol. The molecule has 0 fully saturated rings. The Morgan fingerprint density at radius 2 is 2.31 bits per heavy atom. The quantitative estimate of drug-likeness (QED) is 0.658. The topological polar surface area (TPSA) is 64.0 Å². The average Bonchev–Trinajstić information content (AvgIpc) is 2.52. The number of ketones is 1. The second kappa shape index (κ2) is 3.84. The van der Waals surface area contributed by atoms with Crippen molar-refractivity contribution in [1.82, 2.24) is 15.1 Å². The van der Waals surface area contributed by atoms with E-state index in [2.05, 4.69) is 10.4 Å². The lowest BCUT2D eigenvalue weighted by Gasteiger charge is -2.02. The van der Waals surface area contributed by atoms with Gasteiger partial charge in [0.25, 0.3) is 0 Å². The van der Waals surface area contributed by atoms with Gasteiger partial charge in [-0.15, -0.1) is 0 Å². The summed E-state index contributed by atoms with van der Waals surface area (Å²) < 4.78 is 1.38. The predicted molar refractivity (Wildman–Crippen MR) is 46.3 cm³/mol. The largest absolute Gasteiger partial charge is 0.358 e. The fraction of sp³-hybridized carbons (Fsp3) is 0.375. The molecule has 13 heavy (non-hydrogen) atoms. The van der Waals surface area contributed by atoms with Crippen LogP contribution in [0.2, 0.25) is 0 Å². The molecule has 1 rings (SSSR count). The highest BCUT2D eigenvalue weighted by Gasteiger charge is 2.09. The molecule has 0 radical (unpaired) electrons. The van der Waals surface area contributed by atoms with Crippen LogP contribution in [0.25, 0.3) is 0 Å². The third kappa shape index (κ3) is 2.14. The molecular formula is C8H11N3O2. The number of Topliss-reactive ketones (excluding diaryl/α,β-unsaturated/α-hetero) is 1. The number of likely N-dealkylation sites (N-methyl/N-ethyl adjacent to an activating group) is 1. The second-order valence-electron chi connectivity index (χ2n) is 2.60. The van der Waals surface area contributed by atoms with E-state index in [4.69, 9.17) is 0 Å². The van der Waals surface area contributed by atoms with Crippen LogP contribution < -0.4 is 5.32 Å². The van der Waals surface area contributed by atoms with E-state index < -0.39 is 0 Å². The van der Waals surface area contributed by atoms with Crippen molar-refractivity contribution in [3.05, 3.63) is 18.0 Å². The van der Waals surface area contributed by atoms with Crippen LogP contribution in [0.5, 0.6) is 0 Å². The van der Waals surface area contributed by atoms with Crippen LogP contribution in [0.15, 0.2) is 12.3 Å². The molecule has 0 saturated heterocycles. The first-order valence-electron chi connectivity index (χ1n) is 3.88. The van der Waals surface area contributed by atoms with Crippen molar-refractivity contribution in [2.45, 2.75) is 13.5 Å². The lowest BCUT2D eigenvalue weighted by atomic mass is 10.3. The third-order valence-corrected chi connectivity index (χ3v) is 1.65. The monoisotopic (exact) mass is 181 g/mol. The Morgan fingerprint density at radius 1 is 1.62 bits per heavy atom. The molecule has 0 aliphatic heterocycles.